The molecule has 2 heterocycles. The van der Waals surface area contributed by atoms with Crippen LogP contribution in [0.2, 0.25) is 0 Å². The van der Waals surface area contributed by atoms with E-state index in [1.807, 2.05) is 18.2 Å². The van der Waals surface area contributed by atoms with Crippen LogP contribution in [0.4, 0.5) is 11.4 Å². The second-order valence-corrected chi connectivity index (χ2v) is 4.12. The van der Waals surface area contributed by atoms with Crippen molar-refractivity contribution in [3.63, 3.8) is 0 Å². The van der Waals surface area contributed by atoms with Gasteiger partial charge in [-0.3, -0.25) is 0 Å². The van der Waals surface area contributed by atoms with E-state index in [4.69, 9.17) is 10.2 Å². The fourth-order valence-electron chi connectivity index (χ4n) is 2.23. The summed E-state index contributed by atoms with van der Waals surface area (Å²) in [6, 6.07) is 5.90. The van der Waals surface area contributed by atoms with Crippen LogP contribution >= 0.6 is 0 Å². The van der Waals surface area contributed by atoms with Gasteiger partial charge in [0.25, 0.3) is 0 Å². The van der Waals surface area contributed by atoms with Crippen LogP contribution in [0, 0.1) is 0 Å². The second-order valence-electron chi connectivity index (χ2n) is 4.12. The van der Waals surface area contributed by atoms with Gasteiger partial charge in [-0.25, -0.2) is 0 Å². The first-order valence-corrected chi connectivity index (χ1v) is 5.57. The van der Waals surface area contributed by atoms with E-state index in [0.717, 1.165) is 48.5 Å². The minimum atomic E-state index is 0.794. The van der Waals surface area contributed by atoms with E-state index in [9.17, 15) is 0 Å². The third-order valence-corrected chi connectivity index (χ3v) is 3.01. The Bertz CT molecular complexity index is 500. The van der Waals surface area contributed by atoms with Crippen LogP contribution in [0.1, 0.15) is 0 Å². The molecular weight excluding hydrogens is 202 g/mol. The molecule has 1 saturated heterocycles. The largest absolute Gasteiger partial charge is 0.462 e. The van der Waals surface area contributed by atoms with Crippen LogP contribution in [-0.4, -0.2) is 26.2 Å². The Morgan fingerprint density at radius 2 is 2.06 bits per heavy atom. The number of hydrogen-bond acceptors (Lipinski definition) is 4. The van der Waals surface area contributed by atoms with Gasteiger partial charge in [0.1, 0.15) is 0 Å². The Balaban J connectivity index is 2.09. The molecule has 3 N–H and O–H groups in total. The van der Waals surface area contributed by atoms with Crippen molar-refractivity contribution in [2.45, 2.75) is 0 Å². The number of nitrogen functional groups attached to an aromatic ring is 1. The van der Waals surface area contributed by atoms with Gasteiger partial charge in [-0.15, -0.1) is 0 Å². The SMILES string of the molecule is Nc1cc(N2CCNCC2)c2occc2c1. The molecule has 0 atom stereocenters. The van der Waals surface area contributed by atoms with Crippen molar-refractivity contribution in [1.29, 1.82) is 0 Å². The zero-order chi connectivity index (χ0) is 11.0. The average molecular weight is 217 g/mol. The first-order valence-electron chi connectivity index (χ1n) is 5.57. The maximum absolute atomic E-state index is 5.91. The number of hydrogen-bond donors (Lipinski definition) is 2. The van der Waals surface area contributed by atoms with Crippen molar-refractivity contribution in [3.8, 4) is 0 Å². The molecule has 0 aliphatic carbocycles. The Hall–Kier alpha value is -1.68. The van der Waals surface area contributed by atoms with Crippen molar-refractivity contribution in [2.75, 3.05) is 36.8 Å². The van der Waals surface area contributed by atoms with Crippen LogP contribution in [0.3, 0.4) is 0 Å². The number of nitrogens with zero attached hydrogens (tertiary/aromatic N) is 1. The summed E-state index contributed by atoms with van der Waals surface area (Å²) in [5.41, 5.74) is 8.75. The first kappa shape index (κ1) is 9.54. The Morgan fingerprint density at radius 1 is 1.25 bits per heavy atom. The number of piperazine rings is 1. The molecule has 3 rings (SSSR count). The molecule has 16 heavy (non-hydrogen) atoms. The molecule has 4 heteroatoms. The number of anilines is 2. The summed E-state index contributed by atoms with van der Waals surface area (Å²) in [5, 5.41) is 4.41. The molecule has 1 aromatic carbocycles. The number of nitrogens with one attached hydrogen (secondary N) is 1. The zero-order valence-electron chi connectivity index (χ0n) is 9.07. The summed E-state index contributed by atoms with van der Waals surface area (Å²) in [6.45, 7) is 4.02. The van der Waals surface area contributed by atoms with Crippen molar-refractivity contribution in [3.05, 3.63) is 24.5 Å². The fraction of sp³-hybridized carbons (Fsp3) is 0.333. The number of nitrogens with two attached hydrogens (primary N) is 1. The van der Waals surface area contributed by atoms with Gasteiger partial charge in [0.15, 0.2) is 5.58 Å². The number of benzene rings is 1. The molecule has 0 bridgehead atoms. The highest BCUT2D eigenvalue weighted by atomic mass is 16.3. The maximum atomic E-state index is 5.91. The molecule has 0 saturated carbocycles. The molecule has 0 radical (unpaired) electrons. The maximum Gasteiger partial charge on any atom is 0.157 e. The van der Waals surface area contributed by atoms with Gasteiger partial charge in [0.2, 0.25) is 0 Å². The van der Waals surface area contributed by atoms with E-state index >= 15 is 0 Å². The number of furan rings is 1. The van der Waals surface area contributed by atoms with E-state index in [0.29, 0.717) is 0 Å². The minimum Gasteiger partial charge on any atom is -0.462 e. The van der Waals surface area contributed by atoms with Gasteiger partial charge in [-0.05, 0) is 18.2 Å². The lowest BCUT2D eigenvalue weighted by Gasteiger charge is -2.29. The van der Waals surface area contributed by atoms with Crippen molar-refractivity contribution in [2.24, 2.45) is 0 Å². The highest BCUT2D eigenvalue weighted by molar-refractivity contribution is 5.92. The predicted octanol–water partition coefficient (Wildman–Crippen LogP) is 1.42. The average Bonchev–Trinajstić information content (AvgIpc) is 2.77. The Labute approximate surface area is 94.0 Å². The first-order chi connectivity index (χ1) is 7.84. The third kappa shape index (κ3) is 1.51. The summed E-state index contributed by atoms with van der Waals surface area (Å²) in [7, 11) is 0. The van der Waals surface area contributed by atoms with Crippen LogP contribution in [0.25, 0.3) is 11.0 Å². The number of fused-ring (bicyclic) bond motifs is 1. The Morgan fingerprint density at radius 3 is 2.88 bits per heavy atom. The van der Waals surface area contributed by atoms with Gasteiger partial charge >= 0.3 is 0 Å². The molecule has 0 amide bonds. The highest BCUT2D eigenvalue weighted by Crippen LogP contribution is 2.30. The van der Waals surface area contributed by atoms with Crippen molar-refractivity contribution >= 4 is 22.3 Å². The minimum absolute atomic E-state index is 0.794. The summed E-state index contributed by atoms with van der Waals surface area (Å²) in [5.74, 6) is 0. The molecule has 84 valence electrons. The quantitative estimate of drug-likeness (QED) is 0.709. The third-order valence-electron chi connectivity index (χ3n) is 3.01. The fourth-order valence-corrected chi connectivity index (χ4v) is 2.23. The van der Waals surface area contributed by atoms with E-state index in [2.05, 4.69) is 10.2 Å². The van der Waals surface area contributed by atoms with Crippen molar-refractivity contribution in [1.82, 2.24) is 5.32 Å². The smallest absolute Gasteiger partial charge is 0.157 e. The van der Waals surface area contributed by atoms with E-state index < -0.39 is 0 Å². The topological polar surface area (TPSA) is 54.4 Å². The molecule has 1 fully saturated rings. The molecule has 2 aromatic rings. The van der Waals surface area contributed by atoms with Gasteiger partial charge in [0.05, 0.1) is 12.0 Å². The van der Waals surface area contributed by atoms with Crippen molar-refractivity contribution < 1.29 is 4.42 Å². The van der Waals surface area contributed by atoms with Crippen LogP contribution < -0.4 is 16.0 Å². The lowest BCUT2D eigenvalue weighted by atomic mass is 10.2. The lowest BCUT2D eigenvalue weighted by Crippen LogP contribution is -2.43. The summed E-state index contributed by atoms with van der Waals surface area (Å²) < 4.78 is 5.54. The lowest BCUT2D eigenvalue weighted by molar-refractivity contribution is 0.579. The Kier molecular flexibility index (Phi) is 2.22. The molecular formula is C12H15N3O. The second kappa shape index (κ2) is 3.72. The summed E-state index contributed by atoms with van der Waals surface area (Å²) >= 11 is 0. The summed E-state index contributed by atoms with van der Waals surface area (Å²) in [4.78, 5) is 2.32. The molecule has 1 aromatic heterocycles. The predicted molar refractivity (Wildman–Crippen MR) is 65.7 cm³/mol. The van der Waals surface area contributed by atoms with Crippen LogP contribution in [0.5, 0.6) is 0 Å². The van der Waals surface area contributed by atoms with E-state index in [-0.39, 0.29) is 0 Å². The molecule has 1 aliphatic rings. The normalized spacial score (nSPS) is 16.9. The monoisotopic (exact) mass is 217 g/mol. The van der Waals surface area contributed by atoms with Gasteiger partial charge < -0.3 is 20.4 Å². The van der Waals surface area contributed by atoms with Crippen LogP contribution in [-0.2, 0) is 0 Å². The standard InChI is InChI=1S/C12H15N3O/c13-10-7-9-1-6-16-12(9)11(8-10)15-4-2-14-3-5-15/h1,6-8,14H,2-5,13H2. The van der Waals surface area contributed by atoms with Gasteiger partial charge in [-0.2, -0.15) is 0 Å². The number of rotatable bonds is 1. The molecule has 0 unspecified atom stereocenters. The molecule has 0 spiro atoms. The van der Waals surface area contributed by atoms with E-state index in [1.54, 1.807) is 6.26 Å². The summed E-state index contributed by atoms with van der Waals surface area (Å²) in [6.07, 6.45) is 1.72. The highest BCUT2D eigenvalue weighted by Gasteiger charge is 2.15. The molecule has 4 nitrogen and oxygen atoms in total. The molecule has 1 aliphatic heterocycles. The van der Waals surface area contributed by atoms with Crippen LogP contribution in [0.15, 0.2) is 28.9 Å². The van der Waals surface area contributed by atoms with E-state index in [1.165, 1.54) is 0 Å². The zero-order valence-corrected chi connectivity index (χ0v) is 9.07. The van der Waals surface area contributed by atoms with Gasteiger partial charge in [-0.1, -0.05) is 0 Å². The van der Waals surface area contributed by atoms with Gasteiger partial charge in [0, 0.05) is 37.3 Å².